The van der Waals surface area contributed by atoms with Crippen LogP contribution in [0.4, 0.5) is 8.78 Å². The molecule has 0 spiro atoms. The zero-order valence-electron chi connectivity index (χ0n) is 8.81. The minimum absolute atomic E-state index is 0.0720. The molecule has 0 saturated carbocycles. The summed E-state index contributed by atoms with van der Waals surface area (Å²) in [6.45, 7) is 0. The summed E-state index contributed by atoms with van der Waals surface area (Å²) in [5, 5.41) is 0.370. The van der Waals surface area contributed by atoms with Gasteiger partial charge in [0, 0.05) is 22.7 Å². The van der Waals surface area contributed by atoms with Crippen molar-refractivity contribution in [3.05, 3.63) is 50.4 Å². The molecule has 94 valence electrons. The maximum Gasteiger partial charge on any atom is 0.255 e. The molecule has 0 unspecified atom stereocenters. The first-order chi connectivity index (χ1) is 8.54. The fourth-order valence-electron chi connectivity index (χ4n) is 1.36. The van der Waals surface area contributed by atoms with Gasteiger partial charge in [0.25, 0.3) is 5.56 Å². The Labute approximate surface area is 118 Å². The van der Waals surface area contributed by atoms with Crippen LogP contribution in [-0.4, -0.2) is 9.97 Å². The smallest absolute Gasteiger partial charge is 0.255 e. The molecule has 2 rings (SSSR count). The number of rotatable bonds is 2. The van der Waals surface area contributed by atoms with Crippen LogP contribution in [0.3, 0.4) is 0 Å². The summed E-state index contributed by atoms with van der Waals surface area (Å²) in [5.41, 5.74) is 0.415. The van der Waals surface area contributed by atoms with E-state index < -0.39 is 11.6 Å². The number of benzene rings is 1. The average molecular weight is 380 g/mol. The molecule has 0 atom stereocenters. The number of halogens is 4. The predicted molar refractivity (Wildman–Crippen MR) is 70.5 cm³/mol. The summed E-state index contributed by atoms with van der Waals surface area (Å²) in [6.07, 6.45) is 1.39. The van der Waals surface area contributed by atoms with Gasteiger partial charge in [-0.2, -0.15) is 0 Å². The Morgan fingerprint density at radius 1 is 1.33 bits per heavy atom. The Morgan fingerprint density at radius 3 is 2.67 bits per heavy atom. The first-order valence-electron chi connectivity index (χ1n) is 4.82. The van der Waals surface area contributed by atoms with Gasteiger partial charge in [-0.05, 0) is 28.1 Å². The van der Waals surface area contributed by atoms with Gasteiger partial charge in [-0.25, -0.2) is 13.8 Å². The number of hydrogen-bond acceptors (Lipinski definition) is 2. The molecule has 18 heavy (non-hydrogen) atoms. The molecule has 0 amide bonds. The predicted octanol–water partition coefficient (Wildman–Crippen LogP) is 3.37. The molecule has 0 fully saturated rings. The van der Waals surface area contributed by atoms with Crippen molar-refractivity contribution in [3.8, 4) is 11.4 Å². The number of nitrogens with one attached hydrogen (secondary N) is 1. The maximum atomic E-state index is 13.4. The van der Waals surface area contributed by atoms with E-state index >= 15 is 0 Å². The highest BCUT2D eigenvalue weighted by Gasteiger charge is 2.14. The SMILES string of the molecule is O=c1[nH]c(-c2ccc(F)c(F)c2Br)ncc1CBr. The maximum absolute atomic E-state index is 13.4. The van der Waals surface area contributed by atoms with E-state index in [9.17, 15) is 13.6 Å². The zero-order valence-corrected chi connectivity index (χ0v) is 12.0. The Hall–Kier alpha value is -1.08. The topological polar surface area (TPSA) is 45.8 Å². The first kappa shape index (κ1) is 13.4. The number of aromatic nitrogens is 2. The van der Waals surface area contributed by atoms with Gasteiger partial charge in [0.2, 0.25) is 0 Å². The van der Waals surface area contributed by atoms with E-state index in [0.29, 0.717) is 10.9 Å². The number of alkyl halides is 1. The molecule has 1 N–H and O–H groups in total. The molecule has 1 heterocycles. The minimum atomic E-state index is -1.01. The highest BCUT2D eigenvalue weighted by atomic mass is 79.9. The van der Waals surface area contributed by atoms with Crippen LogP contribution >= 0.6 is 31.9 Å². The number of aromatic amines is 1. The molecule has 0 aliphatic heterocycles. The molecule has 7 heteroatoms. The normalized spacial score (nSPS) is 10.7. The van der Waals surface area contributed by atoms with Crippen LogP contribution in [0.2, 0.25) is 0 Å². The van der Waals surface area contributed by atoms with Crippen LogP contribution in [0.5, 0.6) is 0 Å². The summed E-state index contributed by atoms with van der Waals surface area (Å²) >= 11 is 6.09. The second-order valence-corrected chi connectivity index (χ2v) is 4.80. The number of H-pyrrole nitrogens is 1. The highest BCUT2D eigenvalue weighted by Crippen LogP contribution is 2.29. The molecule has 3 nitrogen and oxygen atoms in total. The summed E-state index contributed by atoms with van der Waals surface area (Å²) in [4.78, 5) is 18.1. The molecule has 0 saturated heterocycles. The van der Waals surface area contributed by atoms with E-state index in [0.717, 1.165) is 6.07 Å². The Balaban J connectivity index is 2.60. The summed E-state index contributed by atoms with van der Waals surface area (Å²) < 4.78 is 26.3. The molecule has 1 aromatic carbocycles. The third-order valence-electron chi connectivity index (χ3n) is 2.31. The molecular formula is C11H6Br2F2N2O. The van der Waals surface area contributed by atoms with Gasteiger partial charge in [0.1, 0.15) is 5.82 Å². The van der Waals surface area contributed by atoms with E-state index in [1.807, 2.05) is 0 Å². The van der Waals surface area contributed by atoms with E-state index in [4.69, 9.17) is 0 Å². The monoisotopic (exact) mass is 378 g/mol. The fraction of sp³-hybridized carbons (Fsp3) is 0.0909. The Kier molecular flexibility index (Phi) is 3.91. The van der Waals surface area contributed by atoms with Gasteiger partial charge in [0.05, 0.1) is 4.47 Å². The molecule has 0 aliphatic carbocycles. The highest BCUT2D eigenvalue weighted by molar-refractivity contribution is 9.10. The molecule has 0 radical (unpaired) electrons. The fourth-order valence-corrected chi connectivity index (χ4v) is 2.27. The van der Waals surface area contributed by atoms with Crippen molar-refractivity contribution in [2.24, 2.45) is 0 Å². The van der Waals surface area contributed by atoms with Crippen LogP contribution in [0.15, 0.2) is 27.6 Å². The molecule has 1 aromatic heterocycles. The minimum Gasteiger partial charge on any atom is -0.306 e. The standard InChI is InChI=1S/C11H6Br2F2N2O/c12-3-5-4-16-10(17-11(5)18)6-1-2-7(14)9(15)8(6)13/h1-2,4H,3H2,(H,16,17,18). The van der Waals surface area contributed by atoms with Crippen molar-refractivity contribution in [1.82, 2.24) is 9.97 Å². The summed E-state index contributed by atoms with van der Waals surface area (Å²) in [7, 11) is 0. The lowest BCUT2D eigenvalue weighted by atomic mass is 10.2. The second kappa shape index (κ2) is 5.27. The van der Waals surface area contributed by atoms with Crippen molar-refractivity contribution >= 4 is 31.9 Å². The van der Waals surface area contributed by atoms with Crippen molar-refractivity contribution in [1.29, 1.82) is 0 Å². The lowest BCUT2D eigenvalue weighted by Gasteiger charge is -2.05. The van der Waals surface area contributed by atoms with Crippen molar-refractivity contribution in [2.75, 3.05) is 0 Å². The van der Waals surface area contributed by atoms with E-state index in [2.05, 4.69) is 41.8 Å². The zero-order chi connectivity index (χ0) is 13.3. The molecule has 0 aliphatic rings. The van der Waals surface area contributed by atoms with E-state index in [1.54, 1.807) is 0 Å². The van der Waals surface area contributed by atoms with Gasteiger partial charge < -0.3 is 4.98 Å². The Morgan fingerprint density at radius 2 is 2.06 bits per heavy atom. The van der Waals surface area contributed by atoms with Crippen molar-refractivity contribution in [2.45, 2.75) is 5.33 Å². The summed E-state index contributed by atoms with van der Waals surface area (Å²) in [5.74, 6) is -1.81. The van der Waals surface area contributed by atoms with Crippen molar-refractivity contribution < 1.29 is 8.78 Å². The number of nitrogens with zero attached hydrogens (tertiary/aromatic N) is 1. The van der Waals surface area contributed by atoms with E-state index in [1.165, 1.54) is 12.3 Å². The average Bonchev–Trinajstić information content (AvgIpc) is 2.36. The van der Waals surface area contributed by atoms with Crippen LogP contribution in [-0.2, 0) is 5.33 Å². The van der Waals surface area contributed by atoms with Crippen LogP contribution in [0.25, 0.3) is 11.4 Å². The van der Waals surface area contributed by atoms with Crippen molar-refractivity contribution in [3.63, 3.8) is 0 Å². The quantitative estimate of drug-likeness (QED) is 0.642. The molecular weight excluding hydrogens is 374 g/mol. The van der Waals surface area contributed by atoms with Crippen LogP contribution in [0.1, 0.15) is 5.56 Å². The van der Waals surface area contributed by atoms with Gasteiger partial charge in [0.15, 0.2) is 11.6 Å². The molecule has 2 aromatic rings. The van der Waals surface area contributed by atoms with E-state index in [-0.39, 0.29) is 21.4 Å². The lowest BCUT2D eigenvalue weighted by molar-refractivity contribution is 0.504. The number of hydrogen-bond donors (Lipinski definition) is 1. The van der Waals surface area contributed by atoms with Gasteiger partial charge in [-0.3, -0.25) is 4.79 Å². The van der Waals surface area contributed by atoms with Gasteiger partial charge in [-0.15, -0.1) is 0 Å². The Bertz CT molecular complexity index is 658. The largest absolute Gasteiger partial charge is 0.306 e. The molecule has 0 bridgehead atoms. The van der Waals surface area contributed by atoms with Crippen LogP contribution in [0, 0.1) is 11.6 Å². The lowest BCUT2D eigenvalue weighted by Crippen LogP contribution is -2.13. The second-order valence-electron chi connectivity index (χ2n) is 3.44. The third-order valence-corrected chi connectivity index (χ3v) is 3.69. The van der Waals surface area contributed by atoms with Crippen LogP contribution < -0.4 is 5.56 Å². The van der Waals surface area contributed by atoms with Gasteiger partial charge >= 0.3 is 0 Å². The summed E-state index contributed by atoms with van der Waals surface area (Å²) in [6, 6.07) is 2.32. The third kappa shape index (κ3) is 2.37. The first-order valence-corrected chi connectivity index (χ1v) is 6.74. The van der Waals surface area contributed by atoms with Gasteiger partial charge in [-0.1, -0.05) is 15.9 Å².